The largest absolute Gasteiger partial charge is 0.480 e. The molecule has 1 aromatic heterocycles. The summed E-state index contributed by atoms with van der Waals surface area (Å²) in [6.07, 6.45) is 5.69. The highest BCUT2D eigenvalue weighted by Gasteiger charge is 2.51. The number of rotatable bonds is 7. The first-order valence-electron chi connectivity index (χ1n) is 9.79. The fraction of sp³-hybridized carbons (Fsp3) is 0.476. The van der Waals surface area contributed by atoms with E-state index in [0.717, 1.165) is 51.1 Å². The zero-order valence-electron chi connectivity index (χ0n) is 16.0. The minimum absolute atomic E-state index is 0.134. The molecule has 2 fully saturated rings. The molecule has 2 aliphatic rings. The average molecular weight is 381 g/mol. The van der Waals surface area contributed by atoms with Crippen molar-refractivity contribution in [2.75, 3.05) is 38.5 Å². The SMILES string of the molecule is Nc1ncc(CN2CC3CN(CC(=O)O)CC3(CCc3ccccc3)C2)cn1. The molecule has 148 valence electrons. The van der Waals surface area contributed by atoms with Crippen LogP contribution < -0.4 is 5.73 Å². The van der Waals surface area contributed by atoms with E-state index in [1.54, 1.807) is 12.4 Å². The maximum absolute atomic E-state index is 11.2. The van der Waals surface area contributed by atoms with Gasteiger partial charge in [-0.1, -0.05) is 30.3 Å². The van der Waals surface area contributed by atoms with E-state index in [1.807, 2.05) is 6.07 Å². The van der Waals surface area contributed by atoms with Crippen LogP contribution in [0.2, 0.25) is 0 Å². The summed E-state index contributed by atoms with van der Waals surface area (Å²) in [7, 11) is 0. The van der Waals surface area contributed by atoms with Crippen molar-refractivity contribution in [2.24, 2.45) is 11.3 Å². The molecule has 2 saturated heterocycles. The third-order valence-electron chi connectivity index (χ3n) is 6.14. The lowest BCUT2D eigenvalue weighted by Gasteiger charge is -2.29. The third kappa shape index (κ3) is 4.15. The van der Waals surface area contributed by atoms with Gasteiger partial charge in [0.2, 0.25) is 5.95 Å². The molecule has 3 N–H and O–H groups in total. The lowest BCUT2D eigenvalue weighted by Crippen LogP contribution is -2.36. The molecule has 2 aliphatic heterocycles. The van der Waals surface area contributed by atoms with Crippen molar-refractivity contribution in [1.29, 1.82) is 0 Å². The second kappa shape index (κ2) is 7.85. The van der Waals surface area contributed by atoms with Crippen molar-refractivity contribution in [3.05, 3.63) is 53.9 Å². The highest BCUT2D eigenvalue weighted by molar-refractivity contribution is 5.69. The van der Waals surface area contributed by atoms with Crippen LogP contribution in [0.4, 0.5) is 5.95 Å². The molecule has 2 atom stereocenters. The molecule has 2 unspecified atom stereocenters. The number of aliphatic carboxylic acids is 1. The molecule has 28 heavy (non-hydrogen) atoms. The van der Waals surface area contributed by atoms with Gasteiger partial charge in [0.1, 0.15) is 0 Å². The van der Waals surface area contributed by atoms with Gasteiger partial charge in [0, 0.05) is 56.1 Å². The Hall–Kier alpha value is -2.51. The lowest BCUT2D eigenvalue weighted by molar-refractivity contribution is -0.138. The van der Waals surface area contributed by atoms with Crippen molar-refractivity contribution in [3.63, 3.8) is 0 Å². The molecule has 7 heteroatoms. The van der Waals surface area contributed by atoms with E-state index < -0.39 is 5.97 Å². The van der Waals surface area contributed by atoms with Gasteiger partial charge in [-0.25, -0.2) is 9.97 Å². The van der Waals surface area contributed by atoms with Crippen LogP contribution in [-0.4, -0.2) is 63.6 Å². The van der Waals surface area contributed by atoms with E-state index in [1.165, 1.54) is 5.56 Å². The van der Waals surface area contributed by atoms with Gasteiger partial charge >= 0.3 is 5.97 Å². The number of hydrogen-bond donors (Lipinski definition) is 2. The molecule has 2 aromatic rings. The molecule has 0 aliphatic carbocycles. The first-order chi connectivity index (χ1) is 13.5. The standard InChI is InChI=1S/C21H27N5O2/c22-20-23-8-17(9-24-20)10-25-11-18-12-26(13-19(27)28)15-21(18,14-25)7-6-16-4-2-1-3-5-16/h1-5,8-9,18H,6-7,10-15H2,(H,27,28)(H2,22,23,24). The molecule has 0 bridgehead atoms. The Bertz CT molecular complexity index is 813. The van der Waals surface area contributed by atoms with Crippen LogP contribution in [0, 0.1) is 11.3 Å². The zero-order valence-corrected chi connectivity index (χ0v) is 16.0. The number of carboxylic acids is 1. The summed E-state index contributed by atoms with van der Waals surface area (Å²) in [5, 5.41) is 9.22. The number of nitrogen functional groups attached to an aromatic ring is 1. The van der Waals surface area contributed by atoms with Gasteiger partial charge in [0.05, 0.1) is 6.54 Å². The van der Waals surface area contributed by atoms with E-state index in [2.05, 4.69) is 44.0 Å². The number of benzene rings is 1. The van der Waals surface area contributed by atoms with Gasteiger partial charge in [-0.15, -0.1) is 0 Å². The van der Waals surface area contributed by atoms with Gasteiger partial charge in [-0.2, -0.15) is 0 Å². The van der Waals surface area contributed by atoms with E-state index in [0.29, 0.717) is 11.9 Å². The number of nitrogens with zero attached hydrogens (tertiary/aromatic N) is 4. The number of nitrogens with two attached hydrogens (primary N) is 1. The number of aryl methyl sites for hydroxylation is 1. The number of anilines is 1. The highest BCUT2D eigenvalue weighted by atomic mass is 16.4. The molecule has 4 rings (SSSR count). The second-order valence-electron chi connectivity index (χ2n) is 8.23. The normalized spacial score (nSPS) is 25.1. The first kappa shape index (κ1) is 18.8. The minimum atomic E-state index is -0.742. The van der Waals surface area contributed by atoms with Crippen molar-refractivity contribution in [1.82, 2.24) is 19.8 Å². The Balaban J connectivity index is 1.46. The van der Waals surface area contributed by atoms with Gasteiger partial charge in [0.25, 0.3) is 0 Å². The quantitative estimate of drug-likeness (QED) is 0.750. The summed E-state index contributed by atoms with van der Waals surface area (Å²) >= 11 is 0. The van der Waals surface area contributed by atoms with Crippen LogP contribution in [-0.2, 0) is 17.8 Å². The topological polar surface area (TPSA) is 95.6 Å². The summed E-state index contributed by atoms with van der Waals surface area (Å²) in [6.45, 7) is 4.61. The molecule has 0 amide bonds. The van der Waals surface area contributed by atoms with Crippen LogP contribution in [0.1, 0.15) is 17.5 Å². The maximum atomic E-state index is 11.2. The Morgan fingerprint density at radius 3 is 2.50 bits per heavy atom. The summed E-state index contributed by atoms with van der Waals surface area (Å²) < 4.78 is 0. The van der Waals surface area contributed by atoms with E-state index >= 15 is 0 Å². The molecule has 7 nitrogen and oxygen atoms in total. The monoisotopic (exact) mass is 381 g/mol. The molecule has 0 radical (unpaired) electrons. The van der Waals surface area contributed by atoms with Gasteiger partial charge < -0.3 is 10.8 Å². The molecule has 1 aromatic carbocycles. The average Bonchev–Trinajstić information content (AvgIpc) is 3.15. The van der Waals surface area contributed by atoms with E-state index in [9.17, 15) is 9.90 Å². The van der Waals surface area contributed by atoms with Crippen LogP contribution in [0.3, 0.4) is 0 Å². The predicted molar refractivity (Wildman–Crippen MR) is 106 cm³/mol. The number of hydrogen-bond acceptors (Lipinski definition) is 6. The fourth-order valence-corrected chi connectivity index (χ4v) is 4.93. The van der Waals surface area contributed by atoms with Crippen molar-refractivity contribution in [3.8, 4) is 0 Å². The second-order valence-corrected chi connectivity index (χ2v) is 8.23. The number of carboxylic acid groups (broad SMARTS) is 1. The molecular formula is C21H27N5O2. The number of likely N-dealkylation sites (tertiary alicyclic amines) is 2. The zero-order chi connectivity index (χ0) is 19.6. The Morgan fingerprint density at radius 1 is 1.11 bits per heavy atom. The minimum Gasteiger partial charge on any atom is -0.480 e. The number of aromatic nitrogens is 2. The van der Waals surface area contributed by atoms with E-state index in [4.69, 9.17) is 5.73 Å². The van der Waals surface area contributed by atoms with Crippen molar-refractivity contribution < 1.29 is 9.90 Å². The number of carbonyl (C=O) groups is 1. The lowest BCUT2D eigenvalue weighted by atomic mass is 9.76. The van der Waals surface area contributed by atoms with Crippen LogP contribution in [0.15, 0.2) is 42.7 Å². The fourth-order valence-electron chi connectivity index (χ4n) is 4.93. The van der Waals surface area contributed by atoms with Crippen LogP contribution >= 0.6 is 0 Å². The molecule has 3 heterocycles. The molecule has 0 saturated carbocycles. The van der Waals surface area contributed by atoms with Crippen LogP contribution in [0.5, 0.6) is 0 Å². The first-order valence-corrected chi connectivity index (χ1v) is 9.79. The highest BCUT2D eigenvalue weighted by Crippen LogP contribution is 2.46. The molecule has 0 spiro atoms. The summed E-state index contributed by atoms with van der Waals surface area (Å²) in [4.78, 5) is 24.0. The van der Waals surface area contributed by atoms with Gasteiger partial charge in [-0.3, -0.25) is 14.6 Å². The van der Waals surface area contributed by atoms with Gasteiger partial charge in [-0.05, 0) is 24.3 Å². The smallest absolute Gasteiger partial charge is 0.317 e. The Labute approximate surface area is 165 Å². The summed E-state index contributed by atoms with van der Waals surface area (Å²) in [5.74, 6) is 0.0463. The summed E-state index contributed by atoms with van der Waals surface area (Å²) in [6, 6.07) is 10.6. The van der Waals surface area contributed by atoms with Crippen LogP contribution in [0.25, 0.3) is 0 Å². The predicted octanol–water partition coefficient (Wildman–Crippen LogP) is 1.51. The molecular weight excluding hydrogens is 354 g/mol. The summed E-state index contributed by atoms with van der Waals surface area (Å²) in [5.41, 5.74) is 8.14. The maximum Gasteiger partial charge on any atom is 0.317 e. The Kier molecular flexibility index (Phi) is 5.28. The van der Waals surface area contributed by atoms with Gasteiger partial charge in [0.15, 0.2) is 0 Å². The van der Waals surface area contributed by atoms with E-state index in [-0.39, 0.29) is 12.0 Å². The van der Waals surface area contributed by atoms with Crippen molar-refractivity contribution in [2.45, 2.75) is 19.4 Å². The Morgan fingerprint density at radius 2 is 1.79 bits per heavy atom. The number of fused-ring (bicyclic) bond motifs is 1. The van der Waals surface area contributed by atoms with Crippen molar-refractivity contribution >= 4 is 11.9 Å². The third-order valence-corrected chi connectivity index (χ3v) is 6.14.